The number of amides is 3. The molecule has 202 valence electrons. The number of furan rings is 1. The number of nitrogens with one attached hydrogen (secondary N) is 1. The molecule has 0 saturated carbocycles. The molecule has 0 radical (unpaired) electrons. The third-order valence-corrected chi connectivity index (χ3v) is 6.26. The highest BCUT2D eigenvalue weighted by Crippen LogP contribution is 2.15. The number of hydrogen-bond acceptors (Lipinski definition) is 5. The van der Waals surface area contributed by atoms with Gasteiger partial charge in [-0.25, -0.2) is 13.6 Å². The maximum absolute atomic E-state index is 13.7. The lowest BCUT2D eigenvalue weighted by molar-refractivity contribution is -0.133. The zero-order valence-corrected chi connectivity index (χ0v) is 21.4. The third kappa shape index (κ3) is 8.12. The first kappa shape index (κ1) is 27.3. The van der Waals surface area contributed by atoms with Crippen LogP contribution < -0.4 is 5.32 Å². The molecule has 4 rings (SSSR count). The Morgan fingerprint density at radius 3 is 2.39 bits per heavy atom. The van der Waals surface area contributed by atoms with Crippen molar-refractivity contribution in [3.8, 4) is 0 Å². The quantitative estimate of drug-likeness (QED) is 0.427. The fourth-order valence-electron chi connectivity index (χ4n) is 4.17. The number of carbonyl (C=O) groups is 2. The second-order valence-corrected chi connectivity index (χ2v) is 9.20. The fraction of sp³-hybridized carbons (Fsp3) is 0.357. The zero-order valence-electron chi connectivity index (χ0n) is 21.4. The standard InChI is InChI=1S/C28H32F2N4O4/c1-21-5-10-26(38-21)19-34(18-22-6-8-23(29)9-7-22)27(35)20-33(12-11-32-13-15-37-16-14-32)28(36)31-25-4-2-3-24(30)17-25/h2-10,17H,11-16,18-20H2,1H3,(H,31,36). The molecular formula is C28H32F2N4O4. The van der Waals surface area contributed by atoms with Crippen molar-refractivity contribution in [2.24, 2.45) is 0 Å². The molecule has 0 atom stereocenters. The Labute approximate surface area is 220 Å². The van der Waals surface area contributed by atoms with Gasteiger partial charge in [0.25, 0.3) is 0 Å². The van der Waals surface area contributed by atoms with Crippen LogP contribution in [0, 0.1) is 18.6 Å². The summed E-state index contributed by atoms with van der Waals surface area (Å²) in [4.78, 5) is 32.0. The summed E-state index contributed by atoms with van der Waals surface area (Å²) in [7, 11) is 0. The second kappa shape index (κ2) is 13.2. The van der Waals surface area contributed by atoms with E-state index >= 15 is 0 Å². The van der Waals surface area contributed by atoms with Crippen molar-refractivity contribution in [1.29, 1.82) is 0 Å². The molecule has 1 fully saturated rings. The summed E-state index contributed by atoms with van der Waals surface area (Å²) in [6.45, 7) is 5.56. The molecule has 3 amide bonds. The van der Waals surface area contributed by atoms with E-state index in [2.05, 4.69) is 10.2 Å². The van der Waals surface area contributed by atoms with Crippen LogP contribution in [-0.2, 0) is 22.6 Å². The SMILES string of the molecule is Cc1ccc(CN(Cc2ccc(F)cc2)C(=O)CN(CCN2CCOCC2)C(=O)Nc2cccc(F)c2)o1. The van der Waals surface area contributed by atoms with Crippen LogP contribution >= 0.6 is 0 Å². The van der Waals surface area contributed by atoms with E-state index in [1.54, 1.807) is 29.2 Å². The van der Waals surface area contributed by atoms with Gasteiger partial charge in [0.2, 0.25) is 5.91 Å². The number of halogens is 2. The number of urea groups is 1. The van der Waals surface area contributed by atoms with E-state index in [0.717, 1.165) is 24.4 Å². The molecule has 0 unspecified atom stereocenters. The number of nitrogens with zero attached hydrogens (tertiary/aromatic N) is 3. The zero-order chi connectivity index (χ0) is 26.9. The number of aryl methyl sites for hydroxylation is 1. The number of morpholine rings is 1. The van der Waals surface area contributed by atoms with Crippen LogP contribution in [0.2, 0.25) is 0 Å². The molecular weight excluding hydrogens is 494 g/mol. The molecule has 8 nitrogen and oxygen atoms in total. The topological polar surface area (TPSA) is 78.3 Å². The van der Waals surface area contributed by atoms with Gasteiger partial charge in [-0.05, 0) is 55.0 Å². The van der Waals surface area contributed by atoms with Crippen molar-refractivity contribution < 1.29 is 27.5 Å². The van der Waals surface area contributed by atoms with E-state index in [0.29, 0.717) is 31.2 Å². The predicted octanol–water partition coefficient (Wildman–Crippen LogP) is 4.26. The summed E-state index contributed by atoms with van der Waals surface area (Å²) in [5.74, 6) is 0.173. The summed E-state index contributed by atoms with van der Waals surface area (Å²) < 4.78 is 38.2. The van der Waals surface area contributed by atoms with Crippen molar-refractivity contribution >= 4 is 17.6 Å². The Balaban J connectivity index is 1.50. The lowest BCUT2D eigenvalue weighted by Gasteiger charge is -2.31. The van der Waals surface area contributed by atoms with Crippen LogP contribution in [0.1, 0.15) is 17.1 Å². The maximum atomic E-state index is 13.7. The smallest absolute Gasteiger partial charge is 0.322 e. The second-order valence-electron chi connectivity index (χ2n) is 9.20. The molecule has 1 aromatic heterocycles. The third-order valence-electron chi connectivity index (χ3n) is 6.26. The molecule has 1 aliphatic heterocycles. The summed E-state index contributed by atoms with van der Waals surface area (Å²) in [5.41, 5.74) is 1.04. The molecule has 10 heteroatoms. The van der Waals surface area contributed by atoms with Crippen molar-refractivity contribution in [3.63, 3.8) is 0 Å². The van der Waals surface area contributed by atoms with Crippen LogP contribution in [0.3, 0.4) is 0 Å². The Morgan fingerprint density at radius 1 is 0.947 bits per heavy atom. The highest BCUT2D eigenvalue weighted by atomic mass is 19.1. The number of rotatable bonds is 10. The highest BCUT2D eigenvalue weighted by Gasteiger charge is 2.24. The van der Waals surface area contributed by atoms with Crippen molar-refractivity contribution in [1.82, 2.24) is 14.7 Å². The summed E-state index contributed by atoms with van der Waals surface area (Å²) >= 11 is 0. The van der Waals surface area contributed by atoms with Gasteiger partial charge in [0.1, 0.15) is 29.7 Å². The average Bonchev–Trinajstić information content (AvgIpc) is 3.32. The van der Waals surface area contributed by atoms with E-state index in [1.165, 1.54) is 35.2 Å². The van der Waals surface area contributed by atoms with Gasteiger partial charge in [0.05, 0.1) is 19.8 Å². The van der Waals surface area contributed by atoms with Gasteiger partial charge in [-0.15, -0.1) is 0 Å². The fourth-order valence-corrected chi connectivity index (χ4v) is 4.17. The van der Waals surface area contributed by atoms with E-state index in [-0.39, 0.29) is 37.9 Å². The van der Waals surface area contributed by atoms with Gasteiger partial charge in [0, 0.05) is 38.4 Å². The van der Waals surface area contributed by atoms with Crippen LogP contribution in [-0.4, -0.2) is 72.6 Å². The number of hydrogen-bond donors (Lipinski definition) is 1. The van der Waals surface area contributed by atoms with Gasteiger partial charge in [0.15, 0.2) is 0 Å². The molecule has 0 bridgehead atoms. The number of anilines is 1. The van der Waals surface area contributed by atoms with Crippen LogP contribution in [0.15, 0.2) is 65.1 Å². The van der Waals surface area contributed by atoms with E-state index in [4.69, 9.17) is 9.15 Å². The number of carbonyl (C=O) groups excluding carboxylic acids is 2. The molecule has 1 aliphatic rings. The molecule has 0 spiro atoms. The molecule has 3 aromatic rings. The Hall–Kier alpha value is -3.76. The Morgan fingerprint density at radius 2 is 1.71 bits per heavy atom. The largest absolute Gasteiger partial charge is 0.464 e. The molecule has 1 N–H and O–H groups in total. The van der Waals surface area contributed by atoms with Gasteiger partial charge < -0.3 is 24.3 Å². The molecule has 2 aromatic carbocycles. The number of benzene rings is 2. The molecule has 2 heterocycles. The van der Waals surface area contributed by atoms with Crippen LogP contribution in [0.4, 0.5) is 19.3 Å². The normalized spacial score (nSPS) is 13.8. The van der Waals surface area contributed by atoms with Crippen LogP contribution in [0.25, 0.3) is 0 Å². The highest BCUT2D eigenvalue weighted by molar-refractivity contribution is 5.92. The van der Waals surface area contributed by atoms with E-state index < -0.39 is 11.8 Å². The van der Waals surface area contributed by atoms with Gasteiger partial charge in [-0.3, -0.25) is 9.69 Å². The minimum atomic E-state index is -0.507. The Kier molecular flexibility index (Phi) is 9.45. The van der Waals surface area contributed by atoms with Crippen molar-refractivity contribution in [2.75, 3.05) is 51.3 Å². The monoisotopic (exact) mass is 526 g/mol. The van der Waals surface area contributed by atoms with Gasteiger partial charge in [-0.1, -0.05) is 18.2 Å². The summed E-state index contributed by atoms with van der Waals surface area (Å²) in [6.07, 6.45) is 0. The van der Waals surface area contributed by atoms with Crippen molar-refractivity contribution in [2.45, 2.75) is 20.0 Å². The van der Waals surface area contributed by atoms with Gasteiger partial charge >= 0.3 is 6.03 Å². The lowest BCUT2D eigenvalue weighted by atomic mass is 10.2. The average molecular weight is 527 g/mol. The first-order valence-corrected chi connectivity index (χ1v) is 12.5. The summed E-state index contributed by atoms with van der Waals surface area (Å²) in [6, 6.07) is 14.6. The minimum Gasteiger partial charge on any atom is -0.464 e. The first-order valence-electron chi connectivity index (χ1n) is 12.5. The minimum absolute atomic E-state index is 0.187. The molecule has 38 heavy (non-hydrogen) atoms. The Bertz CT molecular complexity index is 1210. The molecule has 1 saturated heterocycles. The van der Waals surface area contributed by atoms with E-state index in [1.807, 2.05) is 13.0 Å². The molecule has 0 aliphatic carbocycles. The van der Waals surface area contributed by atoms with E-state index in [9.17, 15) is 18.4 Å². The van der Waals surface area contributed by atoms with Gasteiger partial charge in [-0.2, -0.15) is 0 Å². The number of ether oxygens (including phenoxy) is 1. The maximum Gasteiger partial charge on any atom is 0.322 e. The summed E-state index contributed by atoms with van der Waals surface area (Å²) in [5, 5.41) is 2.70. The van der Waals surface area contributed by atoms with Crippen LogP contribution in [0.5, 0.6) is 0 Å². The van der Waals surface area contributed by atoms with Crippen molar-refractivity contribution in [3.05, 3.63) is 89.4 Å². The lowest BCUT2D eigenvalue weighted by Crippen LogP contribution is -2.48. The predicted molar refractivity (Wildman–Crippen MR) is 138 cm³/mol. The first-order chi connectivity index (χ1) is 18.4.